The number of anilines is 1. The number of fused-ring (bicyclic) bond motifs is 1. The zero-order valence-electron chi connectivity index (χ0n) is 22.6. The second-order valence-electron chi connectivity index (χ2n) is 9.00. The van der Waals surface area contributed by atoms with Crippen LogP contribution in [-0.2, 0) is 0 Å². The Hall–Kier alpha value is -3.35. The van der Waals surface area contributed by atoms with Crippen LogP contribution < -0.4 is 5.73 Å². The standard InChI is InChI=1S/C22H32F3N.C8H7N3/c1-6-11-18(15-19(12-7-2)22(23,24)25)21(17(4)8-3)16-20-13-9-10-14-26(20)5;9-8-7-6(3-5-11-8)2-1-4-10-7/h6,11-12,15-16H,7-10,13-14H2,1-5H3;1-5H,(H2,9,11)/b11-6-,18-15+,19-12-,20-16-,21-17?;. The van der Waals surface area contributed by atoms with Gasteiger partial charge in [0.1, 0.15) is 11.3 Å². The molecule has 3 heterocycles. The molecule has 7 heteroatoms. The number of piperidine rings is 1. The Morgan fingerprint density at radius 3 is 2.49 bits per heavy atom. The summed E-state index contributed by atoms with van der Waals surface area (Å²) in [7, 11) is 2.06. The first-order chi connectivity index (χ1) is 17.6. The number of pyridine rings is 2. The Kier molecular flexibility index (Phi) is 11.6. The molecule has 0 aromatic carbocycles. The lowest BCUT2D eigenvalue weighted by Crippen LogP contribution is -2.23. The fourth-order valence-electron chi connectivity index (χ4n) is 4.05. The normalized spacial score (nSPS) is 17.2. The van der Waals surface area contributed by atoms with Crippen molar-refractivity contribution >= 4 is 16.7 Å². The molecule has 0 radical (unpaired) electrons. The minimum atomic E-state index is -4.34. The Labute approximate surface area is 219 Å². The molecule has 0 saturated carbocycles. The van der Waals surface area contributed by atoms with Crippen molar-refractivity contribution in [3.63, 3.8) is 0 Å². The third-order valence-electron chi connectivity index (χ3n) is 6.24. The summed E-state index contributed by atoms with van der Waals surface area (Å²) in [6.07, 6.45) is 11.7. The van der Waals surface area contributed by atoms with Crippen LogP contribution in [0.25, 0.3) is 10.9 Å². The van der Waals surface area contributed by atoms with E-state index >= 15 is 0 Å². The highest BCUT2D eigenvalue weighted by atomic mass is 19.4. The summed E-state index contributed by atoms with van der Waals surface area (Å²) in [5, 5.41) is 1.03. The highest BCUT2D eigenvalue weighted by Gasteiger charge is 2.32. The van der Waals surface area contributed by atoms with Crippen LogP contribution in [0.3, 0.4) is 0 Å². The van der Waals surface area contributed by atoms with Gasteiger partial charge in [0.05, 0.1) is 5.57 Å². The third kappa shape index (κ3) is 8.92. The molecule has 0 unspecified atom stereocenters. The fraction of sp³-hybridized carbons (Fsp3) is 0.400. The molecule has 1 fully saturated rings. The van der Waals surface area contributed by atoms with Gasteiger partial charge in [-0.25, -0.2) is 4.98 Å². The van der Waals surface area contributed by atoms with E-state index in [1.54, 1.807) is 31.5 Å². The van der Waals surface area contributed by atoms with Crippen molar-refractivity contribution in [2.24, 2.45) is 0 Å². The Balaban J connectivity index is 0.000000358. The van der Waals surface area contributed by atoms with Gasteiger partial charge in [0.2, 0.25) is 0 Å². The predicted octanol–water partition coefficient (Wildman–Crippen LogP) is 8.33. The zero-order chi connectivity index (χ0) is 27.4. The van der Waals surface area contributed by atoms with Gasteiger partial charge < -0.3 is 10.6 Å². The second-order valence-corrected chi connectivity index (χ2v) is 9.00. The molecule has 3 rings (SSSR count). The third-order valence-corrected chi connectivity index (χ3v) is 6.24. The number of aromatic nitrogens is 2. The number of hydrogen-bond acceptors (Lipinski definition) is 4. The number of rotatable bonds is 6. The molecule has 1 aliphatic rings. The van der Waals surface area contributed by atoms with E-state index in [1.165, 1.54) is 17.8 Å². The molecule has 0 spiro atoms. The molecule has 2 N–H and O–H groups in total. The number of halogens is 3. The number of nitrogens with zero attached hydrogens (tertiary/aromatic N) is 3. The van der Waals surface area contributed by atoms with E-state index in [9.17, 15) is 13.2 Å². The molecular weight excluding hydrogens is 473 g/mol. The Bertz CT molecular complexity index is 1180. The molecule has 1 saturated heterocycles. The van der Waals surface area contributed by atoms with Crippen molar-refractivity contribution in [3.05, 3.63) is 89.0 Å². The predicted molar refractivity (Wildman–Crippen MR) is 149 cm³/mol. The van der Waals surface area contributed by atoms with E-state index in [4.69, 9.17) is 5.73 Å². The highest BCUT2D eigenvalue weighted by molar-refractivity contribution is 5.86. The van der Waals surface area contributed by atoms with Crippen molar-refractivity contribution in [1.82, 2.24) is 14.9 Å². The minimum Gasteiger partial charge on any atom is -0.382 e. The summed E-state index contributed by atoms with van der Waals surface area (Å²) < 4.78 is 40.2. The molecule has 1 aliphatic heterocycles. The largest absolute Gasteiger partial charge is 0.416 e. The zero-order valence-corrected chi connectivity index (χ0v) is 22.6. The highest BCUT2D eigenvalue weighted by Crippen LogP contribution is 2.32. The summed E-state index contributed by atoms with van der Waals surface area (Å²) >= 11 is 0. The van der Waals surface area contributed by atoms with Crippen LogP contribution in [0.5, 0.6) is 0 Å². The smallest absolute Gasteiger partial charge is 0.382 e. The molecule has 200 valence electrons. The quantitative estimate of drug-likeness (QED) is 0.395. The van der Waals surface area contributed by atoms with Gasteiger partial charge in [-0.2, -0.15) is 13.2 Å². The van der Waals surface area contributed by atoms with Crippen LogP contribution in [-0.4, -0.2) is 34.6 Å². The van der Waals surface area contributed by atoms with E-state index in [1.807, 2.05) is 39.0 Å². The first-order valence-electron chi connectivity index (χ1n) is 12.8. The minimum absolute atomic E-state index is 0.351. The lowest BCUT2D eigenvalue weighted by molar-refractivity contribution is -0.0884. The number of alkyl halides is 3. The molecule has 0 aliphatic carbocycles. The maximum Gasteiger partial charge on any atom is 0.416 e. The first-order valence-corrected chi connectivity index (χ1v) is 12.8. The number of allylic oxidation sites excluding steroid dienone is 10. The number of nitrogen functional groups attached to an aromatic ring is 1. The molecule has 0 amide bonds. The van der Waals surface area contributed by atoms with Gasteiger partial charge in [-0.05, 0) is 81.4 Å². The van der Waals surface area contributed by atoms with E-state index < -0.39 is 11.7 Å². The van der Waals surface area contributed by atoms with Crippen LogP contribution in [0.15, 0.2) is 89.0 Å². The van der Waals surface area contributed by atoms with Crippen LogP contribution in [0.4, 0.5) is 19.0 Å². The van der Waals surface area contributed by atoms with Gasteiger partial charge >= 0.3 is 6.18 Å². The lowest BCUT2D eigenvalue weighted by Gasteiger charge is -2.28. The molecule has 2 aromatic rings. The summed E-state index contributed by atoms with van der Waals surface area (Å²) in [4.78, 5) is 10.2. The van der Waals surface area contributed by atoms with Crippen molar-refractivity contribution in [3.8, 4) is 0 Å². The van der Waals surface area contributed by atoms with Gasteiger partial charge in [0.15, 0.2) is 0 Å². The van der Waals surface area contributed by atoms with Crippen LogP contribution >= 0.6 is 0 Å². The Morgan fingerprint density at radius 1 is 1.14 bits per heavy atom. The monoisotopic (exact) mass is 512 g/mol. The van der Waals surface area contributed by atoms with Gasteiger partial charge in [-0.15, -0.1) is 0 Å². The summed E-state index contributed by atoms with van der Waals surface area (Å²) in [5.74, 6) is 0.489. The average Bonchev–Trinajstić information content (AvgIpc) is 2.87. The summed E-state index contributed by atoms with van der Waals surface area (Å²) in [6.45, 7) is 8.60. The van der Waals surface area contributed by atoms with Crippen LogP contribution in [0.1, 0.15) is 59.8 Å². The average molecular weight is 513 g/mol. The van der Waals surface area contributed by atoms with Gasteiger partial charge in [0.25, 0.3) is 0 Å². The van der Waals surface area contributed by atoms with Gasteiger partial charge in [0, 0.05) is 37.1 Å². The van der Waals surface area contributed by atoms with Crippen molar-refractivity contribution in [2.45, 2.75) is 66.0 Å². The molecular formula is C30H39F3N4. The molecule has 37 heavy (non-hydrogen) atoms. The van der Waals surface area contributed by atoms with E-state index in [2.05, 4.69) is 28.0 Å². The SMILES string of the molecule is C\C=C/C(=C\C(=C\CC)C(F)(F)F)C(/C=C1/CCCCN1C)=C(C)CC.Nc1nccc2cccnc12. The molecule has 0 bridgehead atoms. The molecule has 4 nitrogen and oxygen atoms in total. The summed E-state index contributed by atoms with van der Waals surface area (Å²) in [6, 6.07) is 5.72. The molecule has 0 atom stereocenters. The van der Waals surface area contributed by atoms with Crippen LogP contribution in [0, 0.1) is 0 Å². The maximum atomic E-state index is 13.4. The van der Waals surface area contributed by atoms with E-state index in [-0.39, 0.29) is 0 Å². The lowest BCUT2D eigenvalue weighted by atomic mass is 9.93. The molecule has 2 aromatic heterocycles. The van der Waals surface area contributed by atoms with Crippen LogP contribution in [0.2, 0.25) is 0 Å². The van der Waals surface area contributed by atoms with Gasteiger partial charge in [-0.3, -0.25) is 4.98 Å². The topological polar surface area (TPSA) is 55.0 Å². The fourth-order valence-corrected chi connectivity index (χ4v) is 4.05. The number of likely N-dealkylation sites (tertiary alicyclic amines) is 1. The number of hydrogen-bond donors (Lipinski definition) is 1. The number of nitrogens with two attached hydrogens (primary N) is 1. The van der Waals surface area contributed by atoms with Crippen molar-refractivity contribution < 1.29 is 13.2 Å². The van der Waals surface area contributed by atoms with Crippen molar-refractivity contribution in [1.29, 1.82) is 0 Å². The second kappa shape index (κ2) is 14.4. The first kappa shape index (κ1) is 29.9. The van der Waals surface area contributed by atoms with Gasteiger partial charge in [-0.1, -0.05) is 43.7 Å². The van der Waals surface area contributed by atoms with E-state index in [0.717, 1.165) is 54.3 Å². The van der Waals surface area contributed by atoms with E-state index in [0.29, 0.717) is 17.8 Å². The maximum absolute atomic E-state index is 13.4. The van der Waals surface area contributed by atoms with Crippen molar-refractivity contribution in [2.75, 3.05) is 19.3 Å². The summed E-state index contributed by atoms with van der Waals surface area (Å²) in [5.41, 5.74) is 9.59. The Morgan fingerprint density at radius 2 is 1.89 bits per heavy atom.